The van der Waals surface area contributed by atoms with Gasteiger partial charge in [-0.15, -0.1) is 0 Å². The van der Waals surface area contributed by atoms with Crippen molar-refractivity contribution in [2.45, 2.75) is 53.0 Å². The first kappa shape index (κ1) is 21.4. The van der Waals surface area contributed by atoms with E-state index in [9.17, 15) is 15.0 Å². The molecule has 12 heteroatoms. The average Bonchev–Trinajstić information content (AvgIpc) is 3.23. The van der Waals surface area contributed by atoms with Gasteiger partial charge in [-0.05, 0) is 0 Å². The van der Waals surface area contributed by atoms with Crippen LogP contribution >= 0.6 is 0 Å². The molecule has 29 heavy (non-hydrogen) atoms. The third-order valence-corrected chi connectivity index (χ3v) is 9.31. The van der Waals surface area contributed by atoms with Crippen molar-refractivity contribution in [3.8, 4) is 12.3 Å². The number of nitrogens with zero attached hydrogens (tertiary/aromatic N) is 4. The van der Waals surface area contributed by atoms with Gasteiger partial charge in [-0.1, -0.05) is 0 Å². The predicted molar refractivity (Wildman–Crippen MR) is 105 cm³/mol. The van der Waals surface area contributed by atoms with E-state index in [1.807, 2.05) is 0 Å². The second-order valence-corrected chi connectivity index (χ2v) is 11.4. The van der Waals surface area contributed by atoms with E-state index in [0.717, 1.165) is 0 Å². The summed E-state index contributed by atoms with van der Waals surface area (Å²) in [6.07, 6.45) is 4.60. The molecule has 1 saturated heterocycles. The normalized spacial score (nSPS) is 26.3. The number of rotatable bonds is 8. The molecular weight excluding hydrogens is 447 g/mol. The minimum absolute atomic E-state index is 0.203. The van der Waals surface area contributed by atoms with Crippen molar-refractivity contribution in [3.63, 3.8) is 0 Å². The van der Waals surface area contributed by atoms with E-state index >= 15 is 0 Å². The van der Waals surface area contributed by atoms with Crippen LogP contribution < -0.4 is 11.5 Å². The van der Waals surface area contributed by atoms with E-state index in [2.05, 4.69) is 20.9 Å². The molecule has 1 unspecified atom stereocenters. The van der Waals surface area contributed by atoms with E-state index in [0.29, 0.717) is 33.5 Å². The van der Waals surface area contributed by atoms with E-state index < -0.39 is 50.5 Å². The van der Waals surface area contributed by atoms with Gasteiger partial charge >= 0.3 is 171 Å². The van der Waals surface area contributed by atoms with Crippen LogP contribution in [-0.4, -0.2) is 79.1 Å². The number of nitrogen functional groups attached to an aromatic ring is 1. The second-order valence-electron chi connectivity index (χ2n) is 6.69. The van der Waals surface area contributed by atoms with Crippen molar-refractivity contribution in [3.05, 3.63) is 12.7 Å². The van der Waals surface area contributed by atoms with Crippen molar-refractivity contribution in [1.29, 1.82) is 0 Å². The van der Waals surface area contributed by atoms with Crippen LogP contribution in [0, 0.1) is 12.3 Å². The number of aliphatic carboxylic acids is 1. The van der Waals surface area contributed by atoms with Crippen molar-refractivity contribution in [1.82, 2.24) is 19.5 Å². The maximum atomic E-state index is 10.9. The summed E-state index contributed by atoms with van der Waals surface area (Å²) in [5, 5.41) is 31.6. The Labute approximate surface area is 171 Å². The van der Waals surface area contributed by atoms with Crippen LogP contribution in [-0.2, 0) is 9.53 Å². The molecule has 2 aromatic heterocycles. The molecule has 1 aliphatic rings. The molecule has 7 N–H and O–H groups in total. The number of imidazole rings is 1. The molecule has 3 heterocycles. The Bertz CT molecular complexity index is 917. The number of terminal acetylenes is 1. The Morgan fingerprint density at radius 2 is 2.14 bits per heavy atom. The topological polar surface area (TPSA) is 183 Å². The summed E-state index contributed by atoms with van der Waals surface area (Å²) < 4.78 is 7.46. The number of carboxylic acids is 1. The number of hydrogen-bond acceptors (Lipinski definition) is 9. The van der Waals surface area contributed by atoms with Gasteiger partial charge in [0.1, 0.15) is 0 Å². The molecule has 0 amide bonds. The molecule has 1 fully saturated rings. The standard InChI is InChI=1S/C17H22N6O5Se/c1-2-4-29(5-3-9(18)17(26)27)6-10-12(24)13(25)16(28-10)23-8-22-11-14(19)20-7-21-15(11)23/h1,7-10,12-13,16,24-25H,3-6,18H2,(H2-,19,20,21,26,27)/p+1/t9-,10-,12-,13-,16-,29?/m1/s1. The Balaban J connectivity index is 1.73. The Morgan fingerprint density at radius 3 is 2.83 bits per heavy atom. The number of aliphatic hydroxyl groups excluding tert-OH is 2. The molecule has 11 nitrogen and oxygen atoms in total. The van der Waals surface area contributed by atoms with E-state index in [1.165, 1.54) is 17.2 Å². The van der Waals surface area contributed by atoms with Crippen LogP contribution in [0.25, 0.3) is 11.2 Å². The van der Waals surface area contributed by atoms with Crippen LogP contribution in [0.1, 0.15) is 12.6 Å². The Hall–Kier alpha value is -2.26. The molecule has 0 saturated carbocycles. The fourth-order valence-corrected chi connectivity index (χ4v) is 7.31. The molecule has 0 aliphatic carbocycles. The van der Waals surface area contributed by atoms with Crippen molar-refractivity contribution >= 4 is 36.9 Å². The van der Waals surface area contributed by atoms with E-state index in [-0.39, 0.29) is 5.82 Å². The molecular formula is C17H23N6O5Se+. The molecule has 156 valence electrons. The third-order valence-electron chi connectivity index (χ3n) is 4.72. The van der Waals surface area contributed by atoms with Crippen LogP contribution in [0.3, 0.4) is 0 Å². The van der Waals surface area contributed by atoms with Gasteiger partial charge in [0.15, 0.2) is 0 Å². The molecule has 2 aromatic rings. The van der Waals surface area contributed by atoms with Crippen LogP contribution in [0.2, 0.25) is 16.0 Å². The van der Waals surface area contributed by atoms with Gasteiger partial charge in [-0.25, -0.2) is 0 Å². The summed E-state index contributed by atoms with van der Waals surface area (Å²) >= 11 is -1.51. The fourth-order valence-electron chi connectivity index (χ4n) is 3.13. The molecule has 0 radical (unpaired) electrons. The fraction of sp³-hybridized carbons (Fsp3) is 0.529. The summed E-state index contributed by atoms with van der Waals surface area (Å²) in [7, 11) is 0. The van der Waals surface area contributed by atoms with Gasteiger partial charge in [0.25, 0.3) is 0 Å². The average molecular weight is 470 g/mol. The number of carboxylic acid groups (broad SMARTS) is 1. The van der Waals surface area contributed by atoms with E-state index in [4.69, 9.17) is 27.7 Å². The first-order valence-corrected chi connectivity index (χ1v) is 12.5. The van der Waals surface area contributed by atoms with Crippen molar-refractivity contribution in [2.24, 2.45) is 5.73 Å². The number of anilines is 1. The first-order valence-electron chi connectivity index (χ1n) is 8.84. The molecule has 6 atom stereocenters. The number of ether oxygens (including phenoxy) is 1. The Kier molecular flexibility index (Phi) is 6.69. The quantitative estimate of drug-likeness (QED) is 0.236. The number of carbonyl (C=O) groups is 1. The monoisotopic (exact) mass is 471 g/mol. The summed E-state index contributed by atoms with van der Waals surface area (Å²) in [5.41, 5.74) is 12.1. The predicted octanol–water partition coefficient (Wildman–Crippen LogP) is -1.04. The van der Waals surface area contributed by atoms with Crippen molar-refractivity contribution < 1.29 is 24.9 Å². The van der Waals surface area contributed by atoms with Crippen molar-refractivity contribution in [2.75, 3.05) is 5.73 Å². The second kappa shape index (κ2) is 9.04. The summed E-state index contributed by atoms with van der Waals surface area (Å²) in [6.45, 7) is 0. The first-order chi connectivity index (χ1) is 13.8. The summed E-state index contributed by atoms with van der Waals surface area (Å²) in [4.78, 5) is 23.1. The van der Waals surface area contributed by atoms with Crippen LogP contribution in [0.5, 0.6) is 0 Å². The zero-order valence-corrected chi connectivity index (χ0v) is 17.2. The molecule has 0 bridgehead atoms. The van der Waals surface area contributed by atoms with Crippen LogP contribution in [0.15, 0.2) is 12.7 Å². The number of fused-ring (bicyclic) bond motifs is 1. The zero-order chi connectivity index (χ0) is 21.1. The third kappa shape index (κ3) is 4.51. The van der Waals surface area contributed by atoms with Gasteiger partial charge in [-0.2, -0.15) is 0 Å². The van der Waals surface area contributed by atoms with Gasteiger partial charge in [0, 0.05) is 0 Å². The molecule has 3 rings (SSSR count). The number of nitrogens with two attached hydrogens (primary N) is 2. The number of aliphatic hydroxyl groups is 2. The maximum absolute atomic E-state index is 10.9. The molecule has 0 aromatic carbocycles. The van der Waals surface area contributed by atoms with Gasteiger partial charge < -0.3 is 0 Å². The SMILES string of the molecule is C#CC[Se+](CC[C@@H](N)C(=O)O)C[C@H]1O[C@@H](n2cnc3c(N)ncnc32)[C@H](O)[C@@H]1O. The summed E-state index contributed by atoms with van der Waals surface area (Å²) in [6, 6.07) is -0.950. The van der Waals surface area contributed by atoms with Gasteiger partial charge in [0.2, 0.25) is 0 Å². The van der Waals surface area contributed by atoms with E-state index in [1.54, 1.807) is 0 Å². The molecule has 1 aliphatic heterocycles. The zero-order valence-electron chi connectivity index (χ0n) is 15.5. The minimum atomic E-state index is -1.51. The van der Waals surface area contributed by atoms with Gasteiger partial charge in [0.05, 0.1) is 0 Å². The van der Waals surface area contributed by atoms with Gasteiger partial charge in [-0.3, -0.25) is 0 Å². The number of hydrogen-bond donors (Lipinski definition) is 5. The Morgan fingerprint density at radius 1 is 1.38 bits per heavy atom. The molecule has 0 spiro atoms. The number of aromatic nitrogens is 4. The van der Waals surface area contributed by atoms with Crippen LogP contribution in [0.4, 0.5) is 5.82 Å². The summed E-state index contributed by atoms with van der Waals surface area (Å²) in [5.74, 6) is 1.76.